The van der Waals surface area contributed by atoms with Crippen LogP contribution in [-0.2, 0) is 30.5 Å². The molecule has 3 atom stereocenters. The Labute approximate surface area is 225 Å². The van der Waals surface area contributed by atoms with Gasteiger partial charge in [-0.05, 0) is 54.8 Å². The number of benzene rings is 1. The second kappa shape index (κ2) is 12.6. The number of nitrogens with zero attached hydrogens (tertiary/aromatic N) is 1. The second-order valence-corrected chi connectivity index (χ2v) is 11.5. The van der Waals surface area contributed by atoms with Crippen LogP contribution in [0.4, 0.5) is 4.79 Å². The minimum Gasteiger partial charge on any atom is -0.444 e. The molecule has 0 bridgehead atoms. The molecule has 3 N–H and O–H groups in total. The average Bonchev–Trinajstić information content (AvgIpc) is 3.15. The van der Waals surface area contributed by atoms with E-state index in [2.05, 4.69) is 15.4 Å². The van der Waals surface area contributed by atoms with Crippen molar-refractivity contribution in [1.29, 1.82) is 0 Å². The first-order chi connectivity index (χ1) is 17.5. The third-order valence-electron chi connectivity index (χ3n) is 6.38. The van der Waals surface area contributed by atoms with E-state index in [1.54, 1.807) is 29.2 Å². The lowest BCUT2D eigenvalue weighted by molar-refractivity contribution is -0.138. The fourth-order valence-electron chi connectivity index (χ4n) is 4.58. The summed E-state index contributed by atoms with van der Waals surface area (Å²) in [4.78, 5) is 62.6. The zero-order valence-corrected chi connectivity index (χ0v) is 22.7. The maximum atomic E-state index is 13.0. The molecule has 0 aromatic heterocycles. The van der Waals surface area contributed by atoms with Crippen LogP contribution < -0.4 is 15.4 Å². The van der Waals surface area contributed by atoms with Crippen molar-refractivity contribution in [3.8, 4) is 0 Å². The Morgan fingerprint density at radius 3 is 2.68 bits per heavy atom. The molecule has 12 heteroatoms. The van der Waals surface area contributed by atoms with Gasteiger partial charge < -0.3 is 25.1 Å². The van der Waals surface area contributed by atoms with Gasteiger partial charge in [0.05, 0.1) is 11.6 Å². The predicted molar refractivity (Wildman–Crippen MR) is 139 cm³/mol. The minimum atomic E-state index is -0.854. The molecule has 0 radical (unpaired) electrons. The van der Waals surface area contributed by atoms with Gasteiger partial charge in [0.25, 0.3) is 0 Å². The molecule has 2 heterocycles. The molecule has 3 rings (SSSR count). The van der Waals surface area contributed by atoms with Crippen molar-refractivity contribution >= 4 is 53.6 Å². The minimum absolute atomic E-state index is 0.0241. The quantitative estimate of drug-likeness (QED) is 0.283. The van der Waals surface area contributed by atoms with Gasteiger partial charge in [-0.1, -0.05) is 37.6 Å². The number of likely N-dealkylation sites (tertiary alicyclic amines) is 1. The summed E-state index contributed by atoms with van der Waals surface area (Å²) in [7, 11) is 0. The van der Waals surface area contributed by atoms with Gasteiger partial charge >= 0.3 is 6.09 Å². The number of carbonyl (C=O) groups excluding carboxylic acids is 5. The van der Waals surface area contributed by atoms with Crippen molar-refractivity contribution in [3.05, 3.63) is 34.9 Å². The Kier molecular flexibility index (Phi) is 9.83. The topological polar surface area (TPSA) is 134 Å². The van der Waals surface area contributed by atoms with E-state index < -0.39 is 34.7 Å². The van der Waals surface area contributed by atoms with Crippen LogP contribution in [0.3, 0.4) is 0 Å². The molecule has 0 aliphatic carbocycles. The molecule has 1 aromatic rings. The van der Waals surface area contributed by atoms with Crippen LogP contribution in [0.1, 0.15) is 45.6 Å². The highest BCUT2D eigenvalue weighted by atomic mass is 35.5. The zero-order valence-electron chi connectivity index (χ0n) is 21.1. The van der Waals surface area contributed by atoms with Crippen LogP contribution >= 0.6 is 23.5 Å². The standard InChI is InChI=1S/C25H33ClN4O6S/c1-15(2)7-21(37-29-24(35)36-12-17-5-4-6-19(26)8-17)23(34)27-20(11-31)9-18-10-25(28-22(18)33)13-30(14-25)16(3)32/h4-6,8,11,15,18,20-21H,7,9-10,12-14H2,1-3H3,(H,27,34)(H,28,33)(H,29,35)/t18?,20?,21-/m0/s1. The molecule has 2 aliphatic rings. The number of hydrogen-bond acceptors (Lipinski definition) is 7. The van der Waals surface area contributed by atoms with Crippen LogP contribution in [0.5, 0.6) is 0 Å². The highest BCUT2D eigenvalue weighted by Gasteiger charge is 2.52. The van der Waals surface area contributed by atoms with Gasteiger partial charge in [-0.3, -0.25) is 19.1 Å². The van der Waals surface area contributed by atoms with Crippen molar-refractivity contribution in [2.24, 2.45) is 11.8 Å². The lowest BCUT2D eigenvalue weighted by Crippen LogP contribution is -2.68. The van der Waals surface area contributed by atoms with Gasteiger partial charge in [0.2, 0.25) is 17.7 Å². The summed E-state index contributed by atoms with van der Waals surface area (Å²) in [6.45, 7) is 6.31. The van der Waals surface area contributed by atoms with Crippen molar-refractivity contribution < 1.29 is 28.7 Å². The average molecular weight is 553 g/mol. The Balaban J connectivity index is 1.50. The third-order valence-corrected chi connectivity index (χ3v) is 7.59. The van der Waals surface area contributed by atoms with Gasteiger partial charge in [-0.15, -0.1) is 0 Å². The van der Waals surface area contributed by atoms with Crippen LogP contribution in [0.25, 0.3) is 0 Å². The van der Waals surface area contributed by atoms with E-state index in [9.17, 15) is 24.0 Å². The summed E-state index contributed by atoms with van der Waals surface area (Å²) in [5, 5.41) is 5.54. The summed E-state index contributed by atoms with van der Waals surface area (Å²) >= 11 is 6.86. The molecular formula is C25H33ClN4O6S. The fraction of sp³-hybridized carbons (Fsp3) is 0.560. The number of nitrogens with one attached hydrogen (secondary N) is 3. The highest BCUT2D eigenvalue weighted by molar-refractivity contribution is 7.99. The summed E-state index contributed by atoms with van der Waals surface area (Å²) in [6.07, 6.45) is 1.04. The molecule has 2 saturated heterocycles. The van der Waals surface area contributed by atoms with Gasteiger partial charge in [0.15, 0.2) is 0 Å². The van der Waals surface area contributed by atoms with E-state index in [1.165, 1.54) is 6.92 Å². The molecule has 10 nitrogen and oxygen atoms in total. The van der Waals surface area contributed by atoms with Crippen molar-refractivity contribution in [2.45, 2.75) is 63.5 Å². The van der Waals surface area contributed by atoms with E-state index in [0.29, 0.717) is 37.2 Å². The molecule has 37 heavy (non-hydrogen) atoms. The second-order valence-electron chi connectivity index (χ2n) is 10.1. The number of hydrogen-bond donors (Lipinski definition) is 3. The molecule has 202 valence electrons. The predicted octanol–water partition coefficient (Wildman–Crippen LogP) is 2.44. The van der Waals surface area contributed by atoms with Gasteiger partial charge in [-0.25, -0.2) is 4.79 Å². The Morgan fingerprint density at radius 2 is 2.05 bits per heavy atom. The number of ether oxygens (including phenoxy) is 1. The Hall–Kier alpha value is -2.79. The lowest BCUT2D eigenvalue weighted by Gasteiger charge is -2.47. The third kappa shape index (κ3) is 8.10. The monoisotopic (exact) mass is 552 g/mol. The van der Waals surface area contributed by atoms with Crippen LogP contribution in [0.15, 0.2) is 24.3 Å². The van der Waals surface area contributed by atoms with Crippen LogP contribution in [0.2, 0.25) is 5.02 Å². The largest absolute Gasteiger partial charge is 0.444 e. The Bertz CT molecular complexity index is 1030. The summed E-state index contributed by atoms with van der Waals surface area (Å²) in [5.41, 5.74) is 0.280. The van der Waals surface area contributed by atoms with E-state index in [-0.39, 0.29) is 30.8 Å². The fourth-order valence-corrected chi connectivity index (χ4v) is 5.74. The molecule has 0 saturated carbocycles. The van der Waals surface area contributed by atoms with Crippen molar-refractivity contribution in [1.82, 2.24) is 20.3 Å². The van der Waals surface area contributed by atoms with E-state index in [1.807, 2.05) is 13.8 Å². The van der Waals surface area contributed by atoms with Crippen molar-refractivity contribution in [2.75, 3.05) is 13.1 Å². The SMILES string of the molecule is CC(=O)N1CC2(CC(CC(C=O)NC(=O)[C@H](CC(C)C)SNC(=O)OCc3cccc(Cl)c3)C(=O)N2)C1. The molecule has 2 aliphatic heterocycles. The molecular weight excluding hydrogens is 520 g/mol. The first-order valence-electron chi connectivity index (χ1n) is 12.2. The smallest absolute Gasteiger partial charge is 0.417 e. The van der Waals surface area contributed by atoms with E-state index >= 15 is 0 Å². The van der Waals surface area contributed by atoms with E-state index in [4.69, 9.17) is 16.3 Å². The number of amides is 4. The number of rotatable bonds is 11. The van der Waals surface area contributed by atoms with Crippen LogP contribution in [-0.4, -0.2) is 64.9 Å². The lowest BCUT2D eigenvalue weighted by atomic mass is 9.83. The number of halogens is 1. The molecule has 2 fully saturated rings. The molecule has 2 unspecified atom stereocenters. The van der Waals surface area contributed by atoms with Gasteiger partial charge in [-0.2, -0.15) is 0 Å². The van der Waals surface area contributed by atoms with Crippen LogP contribution in [0, 0.1) is 11.8 Å². The first-order valence-corrected chi connectivity index (χ1v) is 13.4. The van der Waals surface area contributed by atoms with Gasteiger partial charge in [0, 0.05) is 31.0 Å². The summed E-state index contributed by atoms with van der Waals surface area (Å²) in [6, 6.07) is 6.08. The van der Waals surface area contributed by atoms with Gasteiger partial charge in [0.1, 0.15) is 18.1 Å². The zero-order chi connectivity index (χ0) is 27.2. The summed E-state index contributed by atoms with van der Waals surface area (Å²) in [5.74, 6) is -0.935. The maximum absolute atomic E-state index is 13.0. The van der Waals surface area contributed by atoms with Crippen molar-refractivity contribution in [3.63, 3.8) is 0 Å². The van der Waals surface area contributed by atoms with E-state index in [0.717, 1.165) is 17.5 Å². The molecule has 4 amide bonds. The summed E-state index contributed by atoms with van der Waals surface area (Å²) < 4.78 is 7.73. The first kappa shape index (κ1) is 28.8. The normalized spacial score (nSPS) is 19.5. The Morgan fingerprint density at radius 1 is 1.32 bits per heavy atom. The highest BCUT2D eigenvalue weighted by Crippen LogP contribution is 2.35. The molecule has 1 aromatic carbocycles. The number of carbonyl (C=O) groups is 5. The molecule has 1 spiro atoms. The maximum Gasteiger partial charge on any atom is 0.417 e. The number of aldehydes is 1.